The third-order valence-corrected chi connectivity index (χ3v) is 3.06. The first kappa shape index (κ1) is 13.9. The van der Waals surface area contributed by atoms with Gasteiger partial charge in [0.05, 0.1) is 12.7 Å². The summed E-state index contributed by atoms with van der Waals surface area (Å²) in [5, 5.41) is 2.85. The van der Waals surface area contributed by atoms with Gasteiger partial charge in [-0.15, -0.1) is 0 Å². The predicted molar refractivity (Wildman–Crippen MR) is 77.6 cm³/mol. The number of methoxy groups -OCH3 is 1. The molecule has 3 N–H and O–H groups in total. The average molecular weight is 271 g/mol. The normalized spacial score (nSPS) is 10.1. The Labute approximate surface area is 117 Å². The lowest BCUT2D eigenvalue weighted by Crippen LogP contribution is -2.23. The molecule has 0 aliphatic heterocycles. The van der Waals surface area contributed by atoms with Crippen LogP contribution in [0.3, 0.4) is 0 Å². The molecule has 0 bridgehead atoms. The Morgan fingerprint density at radius 2 is 2.20 bits per heavy atom. The summed E-state index contributed by atoms with van der Waals surface area (Å²) >= 11 is 0. The van der Waals surface area contributed by atoms with Crippen LogP contribution in [0.2, 0.25) is 0 Å². The van der Waals surface area contributed by atoms with Gasteiger partial charge in [-0.05, 0) is 36.2 Å². The maximum Gasteiger partial charge on any atom is 0.255 e. The highest BCUT2D eigenvalue weighted by Gasteiger charge is 2.12. The lowest BCUT2D eigenvalue weighted by molar-refractivity contribution is 0.0948. The zero-order chi connectivity index (χ0) is 14.5. The average Bonchev–Trinajstić information content (AvgIpc) is 2.46. The van der Waals surface area contributed by atoms with E-state index in [-0.39, 0.29) is 5.91 Å². The SMILES string of the molecule is COc1cc(N)ccc1C(=O)NCc1cnccc1C. The van der Waals surface area contributed by atoms with Gasteiger partial charge in [-0.2, -0.15) is 0 Å². The molecule has 20 heavy (non-hydrogen) atoms. The third kappa shape index (κ3) is 3.06. The van der Waals surface area contributed by atoms with Gasteiger partial charge in [0, 0.05) is 30.7 Å². The molecule has 0 atom stereocenters. The summed E-state index contributed by atoms with van der Waals surface area (Å²) in [7, 11) is 1.51. The number of ether oxygens (including phenoxy) is 1. The van der Waals surface area contributed by atoms with E-state index in [1.165, 1.54) is 7.11 Å². The molecule has 5 heteroatoms. The quantitative estimate of drug-likeness (QED) is 0.833. The molecule has 1 heterocycles. The number of rotatable bonds is 4. The van der Waals surface area contributed by atoms with Crippen molar-refractivity contribution in [3.8, 4) is 5.75 Å². The first-order chi connectivity index (χ1) is 9.61. The highest BCUT2D eigenvalue weighted by molar-refractivity contribution is 5.97. The first-order valence-corrected chi connectivity index (χ1v) is 6.23. The van der Waals surface area contributed by atoms with Crippen molar-refractivity contribution in [3.63, 3.8) is 0 Å². The molecule has 0 aliphatic rings. The highest BCUT2D eigenvalue weighted by atomic mass is 16.5. The summed E-state index contributed by atoms with van der Waals surface area (Å²) in [6.07, 6.45) is 3.47. The highest BCUT2D eigenvalue weighted by Crippen LogP contribution is 2.21. The lowest BCUT2D eigenvalue weighted by atomic mass is 10.1. The van der Waals surface area contributed by atoms with Crippen molar-refractivity contribution in [2.24, 2.45) is 0 Å². The van der Waals surface area contributed by atoms with E-state index in [1.807, 2.05) is 13.0 Å². The summed E-state index contributed by atoms with van der Waals surface area (Å²) in [5.74, 6) is 0.260. The van der Waals surface area contributed by atoms with Crippen LogP contribution in [0.25, 0.3) is 0 Å². The fourth-order valence-electron chi connectivity index (χ4n) is 1.85. The molecule has 5 nitrogen and oxygen atoms in total. The number of aromatic nitrogens is 1. The van der Waals surface area contributed by atoms with E-state index in [2.05, 4.69) is 10.3 Å². The van der Waals surface area contributed by atoms with Gasteiger partial charge in [-0.1, -0.05) is 0 Å². The molecule has 0 radical (unpaired) electrons. The molecule has 0 saturated heterocycles. The van der Waals surface area contributed by atoms with E-state index in [0.29, 0.717) is 23.5 Å². The van der Waals surface area contributed by atoms with Crippen LogP contribution < -0.4 is 15.8 Å². The van der Waals surface area contributed by atoms with Gasteiger partial charge in [-0.3, -0.25) is 9.78 Å². The predicted octanol–water partition coefficient (Wildman–Crippen LogP) is 1.91. The van der Waals surface area contributed by atoms with E-state index in [4.69, 9.17) is 10.5 Å². The van der Waals surface area contributed by atoms with Crippen molar-refractivity contribution < 1.29 is 9.53 Å². The van der Waals surface area contributed by atoms with Crippen molar-refractivity contribution in [1.29, 1.82) is 0 Å². The second-order valence-electron chi connectivity index (χ2n) is 4.44. The van der Waals surface area contributed by atoms with Crippen LogP contribution >= 0.6 is 0 Å². The Morgan fingerprint density at radius 1 is 1.40 bits per heavy atom. The number of aryl methyl sites for hydroxylation is 1. The smallest absolute Gasteiger partial charge is 0.255 e. The van der Waals surface area contributed by atoms with Crippen molar-refractivity contribution in [2.75, 3.05) is 12.8 Å². The zero-order valence-corrected chi connectivity index (χ0v) is 11.5. The minimum absolute atomic E-state index is 0.204. The van der Waals surface area contributed by atoms with Gasteiger partial charge >= 0.3 is 0 Å². The Balaban J connectivity index is 2.11. The van der Waals surface area contributed by atoms with E-state index in [0.717, 1.165) is 11.1 Å². The maximum atomic E-state index is 12.2. The van der Waals surface area contributed by atoms with Crippen molar-refractivity contribution in [2.45, 2.75) is 13.5 Å². The molecule has 0 fully saturated rings. The second kappa shape index (κ2) is 6.06. The Bertz CT molecular complexity index is 626. The van der Waals surface area contributed by atoms with Crippen LogP contribution in [0.1, 0.15) is 21.5 Å². The molecule has 0 unspecified atom stereocenters. The second-order valence-corrected chi connectivity index (χ2v) is 4.44. The van der Waals surface area contributed by atoms with Crippen LogP contribution in [0.4, 0.5) is 5.69 Å². The number of nitrogens with zero attached hydrogens (tertiary/aromatic N) is 1. The zero-order valence-electron chi connectivity index (χ0n) is 11.5. The van der Waals surface area contributed by atoms with Crippen LogP contribution in [0.15, 0.2) is 36.7 Å². The van der Waals surface area contributed by atoms with Gasteiger partial charge in [0.15, 0.2) is 0 Å². The van der Waals surface area contributed by atoms with Crippen molar-refractivity contribution in [3.05, 3.63) is 53.3 Å². The van der Waals surface area contributed by atoms with Crippen molar-refractivity contribution in [1.82, 2.24) is 10.3 Å². The minimum atomic E-state index is -0.204. The topological polar surface area (TPSA) is 77.2 Å². The molecule has 1 amide bonds. The van der Waals surface area contributed by atoms with E-state index >= 15 is 0 Å². The van der Waals surface area contributed by atoms with Gasteiger partial charge in [-0.25, -0.2) is 0 Å². The minimum Gasteiger partial charge on any atom is -0.496 e. The molecular formula is C15H17N3O2. The van der Waals surface area contributed by atoms with Crippen LogP contribution in [0, 0.1) is 6.92 Å². The van der Waals surface area contributed by atoms with Gasteiger partial charge in [0.1, 0.15) is 5.75 Å². The molecule has 2 aromatic rings. The number of benzene rings is 1. The molecule has 2 rings (SSSR count). The number of nitrogen functional groups attached to an aromatic ring is 1. The first-order valence-electron chi connectivity index (χ1n) is 6.23. The van der Waals surface area contributed by atoms with Gasteiger partial charge in [0.25, 0.3) is 5.91 Å². The standard InChI is InChI=1S/C15H17N3O2/c1-10-5-6-17-8-11(10)9-18-15(19)13-4-3-12(16)7-14(13)20-2/h3-8H,9,16H2,1-2H3,(H,18,19). The maximum absolute atomic E-state index is 12.2. The number of carbonyl (C=O) groups is 1. The van der Waals surface area contributed by atoms with Gasteiger partial charge < -0.3 is 15.8 Å². The van der Waals surface area contributed by atoms with Crippen molar-refractivity contribution >= 4 is 11.6 Å². The van der Waals surface area contributed by atoms with Gasteiger partial charge in [0.2, 0.25) is 0 Å². The molecule has 0 aliphatic carbocycles. The Hall–Kier alpha value is -2.56. The number of hydrogen-bond acceptors (Lipinski definition) is 4. The number of nitrogens with two attached hydrogens (primary N) is 1. The number of carbonyl (C=O) groups excluding carboxylic acids is 1. The van der Waals surface area contributed by atoms with Crippen LogP contribution in [0.5, 0.6) is 5.75 Å². The molecule has 0 saturated carbocycles. The summed E-state index contributed by atoms with van der Waals surface area (Å²) in [4.78, 5) is 16.2. The summed E-state index contributed by atoms with van der Waals surface area (Å²) in [6.45, 7) is 2.40. The molecule has 1 aromatic carbocycles. The number of hydrogen-bond donors (Lipinski definition) is 2. The summed E-state index contributed by atoms with van der Waals surface area (Å²) < 4.78 is 5.17. The summed E-state index contributed by atoms with van der Waals surface area (Å²) in [6, 6.07) is 6.86. The van der Waals surface area contributed by atoms with E-state index < -0.39 is 0 Å². The summed E-state index contributed by atoms with van der Waals surface area (Å²) in [5.41, 5.74) is 8.76. The largest absolute Gasteiger partial charge is 0.496 e. The van der Waals surface area contributed by atoms with E-state index in [9.17, 15) is 4.79 Å². The Kier molecular flexibility index (Phi) is 4.20. The number of amides is 1. The number of anilines is 1. The fourth-order valence-corrected chi connectivity index (χ4v) is 1.85. The molecule has 1 aromatic heterocycles. The van der Waals surface area contributed by atoms with E-state index in [1.54, 1.807) is 30.6 Å². The number of pyridine rings is 1. The third-order valence-electron chi connectivity index (χ3n) is 3.06. The molecule has 104 valence electrons. The molecular weight excluding hydrogens is 254 g/mol. The number of nitrogens with one attached hydrogen (secondary N) is 1. The monoisotopic (exact) mass is 271 g/mol. The Morgan fingerprint density at radius 3 is 2.90 bits per heavy atom. The fraction of sp³-hybridized carbons (Fsp3) is 0.200. The lowest BCUT2D eigenvalue weighted by Gasteiger charge is -2.11. The van der Waals surface area contributed by atoms with Crippen LogP contribution in [-0.4, -0.2) is 18.0 Å². The van der Waals surface area contributed by atoms with Crippen LogP contribution in [-0.2, 0) is 6.54 Å². The molecule has 0 spiro atoms.